The zero-order valence-corrected chi connectivity index (χ0v) is 7.55. The summed E-state index contributed by atoms with van der Waals surface area (Å²) in [7, 11) is 2.06. The maximum Gasteiger partial charge on any atom is 0.136 e. The van der Waals surface area contributed by atoms with Crippen LogP contribution in [0.15, 0.2) is 0 Å². The topological polar surface area (TPSA) is 3.24 Å². The Hall–Kier alpha value is 0.240. The number of hydrogen-bond donors (Lipinski definition) is 0. The standard InChI is InChI=1S/C6H11NS2/c1-4-5(2)9-6(8)7(4)3/h4-5H,1-3H3/t4-,5+/m0/s1. The highest BCUT2D eigenvalue weighted by Gasteiger charge is 2.28. The number of rotatable bonds is 0. The molecule has 2 atom stereocenters. The van der Waals surface area contributed by atoms with Gasteiger partial charge in [0.05, 0.1) is 0 Å². The Morgan fingerprint density at radius 1 is 1.56 bits per heavy atom. The van der Waals surface area contributed by atoms with Crippen LogP contribution in [0.25, 0.3) is 0 Å². The van der Waals surface area contributed by atoms with Crippen LogP contribution in [0.1, 0.15) is 13.8 Å². The van der Waals surface area contributed by atoms with Gasteiger partial charge in [-0.05, 0) is 6.92 Å². The maximum absolute atomic E-state index is 5.08. The van der Waals surface area contributed by atoms with Crippen LogP contribution < -0.4 is 0 Å². The molecule has 0 aromatic heterocycles. The van der Waals surface area contributed by atoms with E-state index in [4.69, 9.17) is 12.2 Å². The molecular weight excluding hydrogens is 150 g/mol. The zero-order chi connectivity index (χ0) is 7.02. The van der Waals surface area contributed by atoms with Gasteiger partial charge in [0.25, 0.3) is 0 Å². The van der Waals surface area contributed by atoms with Crippen molar-refractivity contribution in [2.75, 3.05) is 7.05 Å². The second-order valence-corrected chi connectivity index (χ2v) is 4.45. The molecule has 0 spiro atoms. The molecule has 1 saturated heterocycles. The van der Waals surface area contributed by atoms with Gasteiger partial charge < -0.3 is 4.90 Å². The number of thioether (sulfide) groups is 1. The van der Waals surface area contributed by atoms with Crippen LogP contribution in [0.4, 0.5) is 0 Å². The lowest BCUT2D eigenvalue weighted by Gasteiger charge is -2.17. The molecule has 0 aromatic rings. The van der Waals surface area contributed by atoms with E-state index in [0.29, 0.717) is 11.3 Å². The molecule has 1 rings (SSSR count). The summed E-state index contributed by atoms with van der Waals surface area (Å²) in [5.41, 5.74) is 0. The summed E-state index contributed by atoms with van der Waals surface area (Å²) in [5.74, 6) is 0. The number of thiocarbonyl (C=S) groups is 1. The van der Waals surface area contributed by atoms with Crippen molar-refractivity contribution in [3.05, 3.63) is 0 Å². The van der Waals surface area contributed by atoms with Crippen molar-refractivity contribution < 1.29 is 0 Å². The quantitative estimate of drug-likeness (QED) is 0.498. The molecule has 0 saturated carbocycles. The van der Waals surface area contributed by atoms with Crippen LogP contribution in [-0.4, -0.2) is 27.6 Å². The molecule has 9 heavy (non-hydrogen) atoms. The fourth-order valence-corrected chi connectivity index (χ4v) is 2.47. The molecule has 0 N–H and O–H groups in total. The van der Waals surface area contributed by atoms with E-state index >= 15 is 0 Å². The van der Waals surface area contributed by atoms with Gasteiger partial charge in [-0.1, -0.05) is 30.9 Å². The maximum atomic E-state index is 5.08. The van der Waals surface area contributed by atoms with Gasteiger partial charge in [-0.3, -0.25) is 0 Å². The van der Waals surface area contributed by atoms with E-state index in [1.54, 1.807) is 11.8 Å². The van der Waals surface area contributed by atoms with Gasteiger partial charge in [0.2, 0.25) is 0 Å². The van der Waals surface area contributed by atoms with Crippen LogP contribution in [0, 0.1) is 0 Å². The lowest BCUT2D eigenvalue weighted by atomic mass is 10.2. The first-order chi connectivity index (χ1) is 4.13. The van der Waals surface area contributed by atoms with E-state index in [1.165, 1.54) is 0 Å². The van der Waals surface area contributed by atoms with Crippen molar-refractivity contribution in [3.8, 4) is 0 Å². The van der Waals surface area contributed by atoms with Crippen molar-refractivity contribution >= 4 is 28.3 Å². The minimum Gasteiger partial charge on any atom is -0.357 e. The summed E-state index contributed by atoms with van der Waals surface area (Å²) in [6, 6.07) is 0.613. The molecule has 1 aliphatic rings. The van der Waals surface area contributed by atoms with Crippen LogP contribution in [0.5, 0.6) is 0 Å². The van der Waals surface area contributed by atoms with Gasteiger partial charge in [0, 0.05) is 18.3 Å². The van der Waals surface area contributed by atoms with Crippen LogP contribution in [0.3, 0.4) is 0 Å². The summed E-state index contributed by atoms with van der Waals surface area (Å²) in [6.07, 6.45) is 0. The molecule has 3 heteroatoms. The van der Waals surface area contributed by atoms with E-state index in [2.05, 4.69) is 25.8 Å². The minimum atomic E-state index is 0.613. The second kappa shape index (κ2) is 2.46. The van der Waals surface area contributed by atoms with E-state index in [-0.39, 0.29) is 0 Å². The van der Waals surface area contributed by atoms with E-state index in [1.807, 2.05) is 0 Å². The lowest BCUT2D eigenvalue weighted by molar-refractivity contribution is 0.414. The Balaban J connectivity index is 2.65. The summed E-state index contributed by atoms with van der Waals surface area (Å²) in [4.78, 5) is 2.16. The normalized spacial score (nSPS) is 35.9. The molecule has 1 aliphatic heterocycles. The summed E-state index contributed by atoms with van der Waals surface area (Å²) < 4.78 is 1.04. The largest absolute Gasteiger partial charge is 0.357 e. The average molecular weight is 161 g/mol. The highest BCUT2D eigenvalue weighted by Crippen LogP contribution is 2.29. The molecule has 0 aliphatic carbocycles. The van der Waals surface area contributed by atoms with Crippen LogP contribution in [0.2, 0.25) is 0 Å². The zero-order valence-electron chi connectivity index (χ0n) is 5.92. The SMILES string of the molecule is C[C@H]1SC(=S)N(C)[C@H]1C. The predicted molar refractivity (Wildman–Crippen MR) is 46.9 cm³/mol. The van der Waals surface area contributed by atoms with Crippen molar-refractivity contribution in [2.24, 2.45) is 0 Å². The first kappa shape index (κ1) is 7.35. The molecule has 0 aromatic carbocycles. The van der Waals surface area contributed by atoms with Gasteiger partial charge in [0.1, 0.15) is 4.32 Å². The Labute approximate surface area is 65.8 Å². The fourth-order valence-electron chi connectivity index (χ4n) is 0.822. The summed E-state index contributed by atoms with van der Waals surface area (Å²) in [5, 5.41) is 0.669. The molecule has 0 radical (unpaired) electrons. The molecule has 52 valence electrons. The Morgan fingerprint density at radius 3 is 2.22 bits per heavy atom. The van der Waals surface area contributed by atoms with Gasteiger partial charge in [0.15, 0.2) is 0 Å². The van der Waals surface area contributed by atoms with Crippen molar-refractivity contribution in [1.82, 2.24) is 4.90 Å². The third kappa shape index (κ3) is 1.22. The fraction of sp³-hybridized carbons (Fsp3) is 0.833. The summed E-state index contributed by atoms with van der Waals surface area (Å²) >= 11 is 6.88. The molecule has 1 nitrogen and oxygen atoms in total. The molecular formula is C6H11NS2. The molecule has 1 heterocycles. The Kier molecular flexibility index (Phi) is 2.01. The van der Waals surface area contributed by atoms with Crippen molar-refractivity contribution in [1.29, 1.82) is 0 Å². The van der Waals surface area contributed by atoms with E-state index in [0.717, 1.165) is 4.32 Å². The monoisotopic (exact) mass is 161 g/mol. The molecule has 0 amide bonds. The average Bonchev–Trinajstić information content (AvgIpc) is 1.98. The van der Waals surface area contributed by atoms with Crippen LogP contribution in [-0.2, 0) is 0 Å². The number of nitrogens with zero attached hydrogens (tertiary/aromatic N) is 1. The minimum absolute atomic E-state index is 0.613. The highest BCUT2D eigenvalue weighted by atomic mass is 32.2. The van der Waals surface area contributed by atoms with Gasteiger partial charge in [-0.15, -0.1) is 0 Å². The first-order valence-electron chi connectivity index (χ1n) is 3.06. The van der Waals surface area contributed by atoms with E-state index in [9.17, 15) is 0 Å². The third-order valence-electron chi connectivity index (χ3n) is 1.86. The second-order valence-electron chi connectivity index (χ2n) is 2.44. The van der Waals surface area contributed by atoms with E-state index < -0.39 is 0 Å². The first-order valence-corrected chi connectivity index (χ1v) is 4.35. The van der Waals surface area contributed by atoms with Gasteiger partial charge in [-0.2, -0.15) is 0 Å². The summed E-state index contributed by atoms with van der Waals surface area (Å²) in [6.45, 7) is 4.42. The Bertz CT molecular complexity index is 135. The third-order valence-corrected chi connectivity index (χ3v) is 3.70. The number of hydrogen-bond acceptors (Lipinski definition) is 2. The Morgan fingerprint density at radius 2 is 2.11 bits per heavy atom. The van der Waals surface area contributed by atoms with Gasteiger partial charge in [-0.25, -0.2) is 0 Å². The van der Waals surface area contributed by atoms with Crippen molar-refractivity contribution in [2.45, 2.75) is 25.1 Å². The smallest absolute Gasteiger partial charge is 0.136 e. The highest BCUT2D eigenvalue weighted by molar-refractivity contribution is 8.23. The lowest BCUT2D eigenvalue weighted by Crippen LogP contribution is -2.28. The molecule has 1 fully saturated rings. The van der Waals surface area contributed by atoms with Gasteiger partial charge >= 0.3 is 0 Å². The van der Waals surface area contributed by atoms with Crippen molar-refractivity contribution in [3.63, 3.8) is 0 Å². The molecule has 0 bridgehead atoms. The predicted octanol–water partition coefficient (Wildman–Crippen LogP) is 1.73. The van der Waals surface area contributed by atoms with Crippen LogP contribution >= 0.6 is 24.0 Å². The molecule has 0 unspecified atom stereocenters.